The van der Waals surface area contributed by atoms with Crippen LogP contribution in [0.5, 0.6) is 17.2 Å². The van der Waals surface area contributed by atoms with Gasteiger partial charge in [-0.15, -0.1) is 0 Å². The van der Waals surface area contributed by atoms with Gasteiger partial charge in [-0.05, 0) is 56.3 Å². The van der Waals surface area contributed by atoms with Crippen LogP contribution in [0.15, 0.2) is 48.7 Å². The summed E-state index contributed by atoms with van der Waals surface area (Å²) in [5, 5.41) is 9.63. The van der Waals surface area contributed by atoms with Crippen LogP contribution in [0, 0.1) is 0 Å². The monoisotopic (exact) mass is 452 g/mol. The molecule has 0 unspecified atom stereocenters. The fourth-order valence-corrected chi connectivity index (χ4v) is 3.42. The molecule has 1 aliphatic heterocycles. The minimum absolute atomic E-state index is 0.0726. The number of rotatable bonds is 8. The van der Waals surface area contributed by atoms with Crippen LogP contribution in [0.25, 0.3) is 10.9 Å². The van der Waals surface area contributed by atoms with Crippen molar-refractivity contribution in [1.82, 2.24) is 20.4 Å². The van der Waals surface area contributed by atoms with Gasteiger partial charge in [-0.1, -0.05) is 0 Å². The largest absolute Gasteiger partial charge is 0.467 e. The van der Waals surface area contributed by atoms with Gasteiger partial charge < -0.3 is 14.2 Å². The molecule has 1 aromatic heterocycles. The number of methoxy groups -OCH3 is 1. The Labute approximate surface area is 189 Å². The van der Waals surface area contributed by atoms with Crippen LogP contribution in [0.1, 0.15) is 26.3 Å². The molecule has 2 heterocycles. The number of carbonyl (C=O) groups is 3. The Morgan fingerprint density at radius 2 is 1.61 bits per heavy atom. The second-order valence-corrected chi connectivity index (χ2v) is 7.91. The molecule has 4 amide bonds. The van der Waals surface area contributed by atoms with Crippen LogP contribution in [-0.2, 0) is 14.3 Å². The number of amides is 4. The lowest BCUT2D eigenvalue weighted by Gasteiger charge is -2.34. The molecule has 172 valence electrons. The number of nitrogens with one attached hydrogen (secondary N) is 2. The molecule has 0 bridgehead atoms. The van der Waals surface area contributed by atoms with Gasteiger partial charge in [0.15, 0.2) is 0 Å². The maximum atomic E-state index is 12.5. The third-order valence-electron chi connectivity index (χ3n) is 5.22. The Morgan fingerprint density at radius 1 is 0.970 bits per heavy atom. The highest BCUT2D eigenvalue weighted by Gasteiger charge is 2.52. The summed E-state index contributed by atoms with van der Waals surface area (Å²) in [6.45, 7) is 4.20. The Hall–Kier alpha value is -3.92. The number of benzene rings is 2. The Morgan fingerprint density at radius 3 is 2.24 bits per heavy atom. The van der Waals surface area contributed by atoms with E-state index in [2.05, 4.69) is 29.6 Å². The Bertz CT molecular complexity index is 1180. The number of urea groups is 1. The maximum Gasteiger partial charge on any atom is 0.328 e. The first-order chi connectivity index (χ1) is 15.8. The molecule has 10 nitrogen and oxygen atoms in total. The van der Waals surface area contributed by atoms with Crippen molar-refractivity contribution in [3.63, 3.8) is 0 Å². The smallest absolute Gasteiger partial charge is 0.328 e. The van der Waals surface area contributed by atoms with Gasteiger partial charge in [0.05, 0.1) is 12.1 Å². The third kappa shape index (κ3) is 4.51. The zero-order valence-corrected chi connectivity index (χ0v) is 18.5. The highest BCUT2D eigenvalue weighted by molar-refractivity contribution is 6.21. The van der Waals surface area contributed by atoms with E-state index >= 15 is 0 Å². The van der Waals surface area contributed by atoms with Gasteiger partial charge in [0.1, 0.15) is 17.2 Å². The summed E-state index contributed by atoms with van der Waals surface area (Å²) in [5.74, 6) is -0.253. The minimum Gasteiger partial charge on any atom is -0.467 e. The van der Waals surface area contributed by atoms with E-state index in [1.165, 1.54) is 7.11 Å². The average molecular weight is 452 g/mol. The van der Waals surface area contributed by atoms with E-state index in [1.54, 1.807) is 24.3 Å². The summed E-state index contributed by atoms with van der Waals surface area (Å²) < 4.78 is 18.6. The summed E-state index contributed by atoms with van der Waals surface area (Å²) in [7, 11) is 1.44. The zero-order valence-electron chi connectivity index (χ0n) is 18.5. The number of hydrogen-bond donors (Lipinski definition) is 2. The minimum atomic E-state index is -1.92. The fraction of sp³-hybridized carbons (Fsp3) is 0.304. The Kier molecular flexibility index (Phi) is 6.01. The van der Waals surface area contributed by atoms with Crippen molar-refractivity contribution >= 4 is 28.7 Å². The second-order valence-electron chi connectivity index (χ2n) is 7.91. The molecular formula is C23H24N4O6. The van der Waals surface area contributed by atoms with Crippen LogP contribution >= 0.6 is 0 Å². The van der Waals surface area contributed by atoms with E-state index in [-0.39, 0.29) is 24.8 Å². The summed E-state index contributed by atoms with van der Waals surface area (Å²) in [5.41, 5.74) is -1.04. The first kappa shape index (κ1) is 22.3. The number of aromatic nitrogens is 2. The van der Waals surface area contributed by atoms with Crippen LogP contribution in [0.4, 0.5) is 4.79 Å². The van der Waals surface area contributed by atoms with Crippen molar-refractivity contribution in [3.05, 3.63) is 48.7 Å². The number of hydrogen-bond acceptors (Lipinski definition) is 7. The molecular weight excluding hydrogens is 428 g/mol. The van der Waals surface area contributed by atoms with Gasteiger partial charge in [0, 0.05) is 31.2 Å². The van der Waals surface area contributed by atoms with Gasteiger partial charge in [0.2, 0.25) is 0 Å². The first-order valence-electron chi connectivity index (χ1n) is 10.4. The van der Waals surface area contributed by atoms with Gasteiger partial charge in [-0.3, -0.25) is 24.9 Å². The predicted molar refractivity (Wildman–Crippen MR) is 118 cm³/mol. The molecule has 1 saturated heterocycles. The topological polar surface area (TPSA) is 121 Å². The van der Waals surface area contributed by atoms with Crippen molar-refractivity contribution in [2.24, 2.45) is 0 Å². The highest BCUT2D eigenvalue weighted by atomic mass is 16.5. The molecule has 2 aromatic carbocycles. The van der Waals surface area contributed by atoms with Crippen molar-refractivity contribution in [2.75, 3.05) is 13.7 Å². The number of imide groups is 2. The molecule has 0 spiro atoms. The number of ether oxygens (including phenoxy) is 3. The van der Waals surface area contributed by atoms with E-state index < -0.39 is 23.4 Å². The molecule has 3 aromatic rings. The number of barbiturate groups is 1. The van der Waals surface area contributed by atoms with Gasteiger partial charge in [-0.2, -0.15) is 5.10 Å². The van der Waals surface area contributed by atoms with E-state index in [4.69, 9.17) is 14.2 Å². The summed E-state index contributed by atoms with van der Waals surface area (Å²) in [6.07, 6.45) is 1.89. The fourth-order valence-electron chi connectivity index (χ4n) is 3.42. The quantitative estimate of drug-likeness (QED) is 0.504. The molecule has 10 heteroatoms. The van der Waals surface area contributed by atoms with Gasteiger partial charge in [0.25, 0.3) is 17.4 Å². The summed E-state index contributed by atoms with van der Waals surface area (Å²) in [4.78, 5) is 36.5. The number of carbonyl (C=O) groups excluding carboxylic acids is 3. The van der Waals surface area contributed by atoms with E-state index in [1.807, 2.05) is 29.1 Å². The lowest BCUT2D eigenvalue weighted by molar-refractivity contribution is -0.153. The highest BCUT2D eigenvalue weighted by Crippen LogP contribution is 2.30. The van der Waals surface area contributed by atoms with Crippen molar-refractivity contribution in [1.29, 1.82) is 0 Å². The average Bonchev–Trinajstić information content (AvgIpc) is 3.20. The summed E-state index contributed by atoms with van der Waals surface area (Å²) in [6, 6.07) is 11.5. The van der Waals surface area contributed by atoms with Crippen molar-refractivity contribution in [2.45, 2.75) is 31.9 Å². The van der Waals surface area contributed by atoms with Crippen LogP contribution < -0.4 is 20.1 Å². The van der Waals surface area contributed by atoms with Gasteiger partial charge in [-0.25, -0.2) is 4.79 Å². The molecule has 0 saturated carbocycles. The zero-order chi connectivity index (χ0) is 23.6. The second kappa shape index (κ2) is 8.91. The molecule has 0 atom stereocenters. The molecule has 33 heavy (non-hydrogen) atoms. The van der Waals surface area contributed by atoms with Crippen molar-refractivity contribution in [3.8, 4) is 17.2 Å². The SMILES string of the molecule is COCCC1(Oc2ccc(Oc3ccc4nn(C(C)C)cc4c3)cc2)C(=O)NC(=O)NC1=O. The normalized spacial score (nSPS) is 15.5. The maximum absolute atomic E-state index is 12.5. The first-order valence-corrected chi connectivity index (χ1v) is 10.4. The van der Waals surface area contributed by atoms with E-state index in [9.17, 15) is 14.4 Å². The molecule has 1 aliphatic rings. The standard InChI is InChI=1S/C23H24N4O6/c1-14(2)27-13-15-12-18(8-9-19(15)26-27)32-16-4-6-17(7-5-16)33-23(10-11-31-3)20(28)24-22(30)25-21(23)29/h4-9,12-14H,10-11H2,1-3H3,(H2,24,25,28,29,30). The lowest BCUT2D eigenvalue weighted by Crippen LogP contribution is -2.69. The van der Waals surface area contributed by atoms with Gasteiger partial charge >= 0.3 is 6.03 Å². The third-order valence-corrected chi connectivity index (χ3v) is 5.22. The molecule has 1 fully saturated rings. The van der Waals surface area contributed by atoms with Crippen LogP contribution in [0.3, 0.4) is 0 Å². The van der Waals surface area contributed by atoms with E-state index in [0.717, 1.165) is 10.9 Å². The number of nitrogens with zero attached hydrogens (tertiary/aromatic N) is 2. The van der Waals surface area contributed by atoms with E-state index in [0.29, 0.717) is 11.5 Å². The van der Waals surface area contributed by atoms with Crippen LogP contribution in [0.2, 0.25) is 0 Å². The Balaban J connectivity index is 1.51. The predicted octanol–water partition coefficient (Wildman–Crippen LogP) is 2.93. The van der Waals surface area contributed by atoms with Crippen molar-refractivity contribution < 1.29 is 28.6 Å². The van der Waals surface area contributed by atoms with Crippen LogP contribution in [-0.4, -0.2) is 46.9 Å². The summed E-state index contributed by atoms with van der Waals surface area (Å²) >= 11 is 0. The molecule has 0 radical (unpaired) electrons. The molecule has 0 aliphatic carbocycles. The lowest BCUT2D eigenvalue weighted by atomic mass is 9.95. The molecule has 2 N–H and O–H groups in total. The molecule has 4 rings (SSSR count). The number of fused-ring (bicyclic) bond motifs is 1.